The van der Waals surface area contributed by atoms with Crippen LogP contribution in [0.15, 0.2) is 42.7 Å². The maximum atomic E-state index is 12.7. The average molecular weight is 397 g/mol. The minimum atomic E-state index is 0.0555. The fourth-order valence-electron chi connectivity index (χ4n) is 3.52. The molecule has 146 valence electrons. The van der Waals surface area contributed by atoms with Crippen LogP contribution in [0.5, 0.6) is 0 Å². The van der Waals surface area contributed by atoms with Crippen LogP contribution in [0.25, 0.3) is 0 Å². The second-order valence-electron chi connectivity index (χ2n) is 7.07. The number of carbonyl (C=O) groups excluding carboxylic acids is 1. The first-order valence-electron chi connectivity index (χ1n) is 9.55. The summed E-state index contributed by atoms with van der Waals surface area (Å²) in [5.74, 6) is 1.12. The van der Waals surface area contributed by atoms with Gasteiger partial charge in [-0.05, 0) is 30.4 Å². The molecule has 0 bridgehead atoms. The summed E-state index contributed by atoms with van der Waals surface area (Å²) in [6.07, 6.45) is 4.86. The van der Waals surface area contributed by atoms with E-state index in [0.29, 0.717) is 4.88 Å². The van der Waals surface area contributed by atoms with E-state index in [9.17, 15) is 4.79 Å². The highest BCUT2D eigenvalue weighted by Crippen LogP contribution is 2.16. The molecule has 0 radical (unpaired) electrons. The van der Waals surface area contributed by atoms with Crippen molar-refractivity contribution in [2.75, 3.05) is 26.2 Å². The number of carbonyl (C=O) groups is 1. The molecule has 3 heterocycles. The first kappa shape index (κ1) is 18.8. The Kier molecular flexibility index (Phi) is 5.78. The van der Waals surface area contributed by atoms with E-state index in [1.165, 1.54) is 17.1 Å². The van der Waals surface area contributed by atoms with Crippen molar-refractivity contribution in [2.24, 2.45) is 0 Å². The summed E-state index contributed by atoms with van der Waals surface area (Å²) in [7, 11) is 0. The number of benzene rings is 1. The molecule has 0 N–H and O–H groups in total. The van der Waals surface area contributed by atoms with Gasteiger partial charge in [-0.3, -0.25) is 9.69 Å². The number of hydrogen-bond acceptors (Lipinski definition) is 6. The van der Waals surface area contributed by atoms with Crippen molar-refractivity contribution in [1.29, 1.82) is 0 Å². The smallest absolute Gasteiger partial charge is 0.267 e. The zero-order chi connectivity index (χ0) is 19.3. The molecular formula is C20H24N6OS. The van der Waals surface area contributed by atoms with Crippen LogP contribution in [0, 0.1) is 6.92 Å². The predicted octanol–water partition coefficient (Wildman–Crippen LogP) is 2.44. The van der Waals surface area contributed by atoms with Gasteiger partial charge in [0.05, 0.1) is 12.2 Å². The van der Waals surface area contributed by atoms with Gasteiger partial charge in [0.2, 0.25) is 0 Å². The van der Waals surface area contributed by atoms with Crippen molar-refractivity contribution in [1.82, 2.24) is 28.9 Å². The van der Waals surface area contributed by atoms with E-state index in [-0.39, 0.29) is 5.91 Å². The van der Waals surface area contributed by atoms with Crippen molar-refractivity contribution in [2.45, 2.75) is 26.4 Å². The number of imidazole rings is 1. The summed E-state index contributed by atoms with van der Waals surface area (Å²) >= 11 is 1.19. The molecule has 0 unspecified atom stereocenters. The quantitative estimate of drug-likeness (QED) is 0.663. The van der Waals surface area contributed by atoms with E-state index in [1.54, 1.807) is 0 Å². The Morgan fingerprint density at radius 2 is 1.96 bits per heavy atom. The first-order valence-corrected chi connectivity index (χ1v) is 10.3. The summed E-state index contributed by atoms with van der Waals surface area (Å²) < 4.78 is 6.10. The molecule has 4 rings (SSSR count). The first-order chi connectivity index (χ1) is 13.7. The summed E-state index contributed by atoms with van der Waals surface area (Å²) in [6.45, 7) is 6.75. The molecule has 1 aliphatic heterocycles. The van der Waals surface area contributed by atoms with Gasteiger partial charge in [0.15, 0.2) is 0 Å². The van der Waals surface area contributed by atoms with Crippen LogP contribution >= 0.6 is 11.5 Å². The van der Waals surface area contributed by atoms with Gasteiger partial charge in [0.1, 0.15) is 10.7 Å². The van der Waals surface area contributed by atoms with Crippen molar-refractivity contribution < 1.29 is 4.79 Å². The third-order valence-corrected chi connectivity index (χ3v) is 5.90. The lowest BCUT2D eigenvalue weighted by Crippen LogP contribution is -2.35. The largest absolute Gasteiger partial charge is 0.337 e. The average Bonchev–Trinajstić information content (AvgIpc) is 3.25. The van der Waals surface area contributed by atoms with E-state index in [2.05, 4.69) is 48.3 Å². The molecule has 7 nitrogen and oxygen atoms in total. The van der Waals surface area contributed by atoms with Crippen LogP contribution < -0.4 is 0 Å². The molecule has 28 heavy (non-hydrogen) atoms. The van der Waals surface area contributed by atoms with Gasteiger partial charge in [0.25, 0.3) is 5.91 Å². The van der Waals surface area contributed by atoms with Gasteiger partial charge >= 0.3 is 0 Å². The van der Waals surface area contributed by atoms with E-state index in [4.69, 9.17) is 0 Å². The summed E-state index contributed by atoms with van der Waals surface area (Å²) in [5.41, 5.74) is 1.99. The standard InChI is InChI=1S/C20H24N6OS/c1-16-19(28-23-22-16)20(27)25-10-5-9-24(12-13-25)15-18-21-8-11-26(18)14-17-6-3-2-4-7-17/h2-4,6-8,11H,5,9-10,12-15H2,1H3. The van der Waals surface area contributed by atoms with Gasteiger partial charge in [-0.2, -0.15) is 0 Å². The normalized spacial score (nSPS) is 15.5. The third-order valence-electron chi connectivity index (χ3n) is 5.08. The SMILES string of the molecule is Cc1nnsc1C(=O)N1CCCN(Cc2nccn2Cc2ccccc2)CC1. The lowest BCUT2D eigenvalue weighted by Gasteiger charge is -2.21. The summed E-state index contributed by atoms with van der Waals surface area (Å²) in [6, 6.07) is 10.4. The molecule has 3 aromatic rings. The fourth-order valence-corrected chi connectivity index (χ4v) is 4.14. The molecule has 2 aromatic heterocycles. The highest BCUT2D eigenvalue weighted by molar-refractivity contribution is 7.07. The summed E-state index contributed by atoms with van der Waals surface area (Å²) in [4.78, 5) is 22.3. The Labute approximate surface area is 168 Å². The molecule has 8 heteroatoms. The van der Waals surface area contributed by atoms with Crippen molar-refractivity contribution in [3.8, 4) is 0 Å². The molecule has 0 atom stereocenters. The topological polar surface area (TPSA) is 67.2 Å². The lowest BCUT2D eigenvalue weighted by atomic mass is 10.2. The molecule has 0 aliphatic carbocycles. The number of aromatic nitrogens is 4. The Morgan fingerprint density at radius 1 is 1.11 bits per heavy atom. The molecular weight excluding hydrogens is 372 g/mol. The molecule has 0 saturated carbocycles. The highest BCUT2D eigenvalue weighted by Gasteiger charge is 2.24. The van der Waals surface area contributed by atoms with Crippen LogP contribution in [0.4, 0.5) is 0 Å². The van der Waals surface area contributed by atoms with Crippen LogP contribution in [-0.2, 0) is 13.1 Å². The third kappa shape index (κ3) is 4.28. The van der Waals surface area contributed by atoms with E-state index >= 15 is 0 Å². The van der Waals surface area contributed by atoms with Crippen LogP contribution in [0.2, 0.25) is 0 Å². The number of rotatable bonds is 5. The van der Waals surface area contributed by atoms with Crippen LogP contribution in [-0.4, -0.2) is 61.0 Å². The van der Waals surface area contributed by atoms with Crippen LogP contribution in [0.1, 0.15) is 33.2 Å². The maximum Gasteiger partial charge on any atom is 0.267 e. The van der Waals surface area contributed by atoms with Crippen LogP contribution in [0.3, 0.4) is 0 Å². The number of nitrogens with zero attached hydrogens (tertiary/aromatic N) is 6. The zero-order valence-electron chi connectivity index (χ0n) is 16.0. The molecule has 1 aliphatic rings. The Hall–Kier alpha value is -2.58. The molecule has 1 saturated heterocycles. The minimum absolute atomic E-state index is 0.0555. The second-order valence-corrected chi connectivity index (χ2v) is 7.82. The van der Waals surface area contributed by atoms with E-state index < -0.39 is 0 Å². The van der Waals surface area contributed by atoms with Gasteiger partial charge in [-0.25, -0.2) is 4.98 Å². The fraction of sp³-hybridized carbons (Fsp3) is 0.400. The van der Waals surface area contributed by atoms with E-state index in [1.807, 2.05) is 30.3 Å². The van der Waals surface area contributed by atoms with Crippen molar-refractivity contribution >= 4 is 17.4 Å². The molecule has 1 amide bonds. The van der Waals surface area contributed by atoms with Gasteiger partial charge in [-0.1, -0.05) is 34.8 Å². The molecule has 1 aromatic carbocycles. The van der Waals surface area contributed by atoms with Crippen molar-refractivity contribution in [3.05, 3.63) is 64.7 Å². The monoisotopic (exact) mass is 396 g/mol. The minimum Gasteiger partial charge on any atom is -0.337 e. The number of hydrogen-bond donors (Lipinski definition) is 0. The van der Waals surface area contributed by atoms with E-state index in [0.717, 1.165) is 57.2 Å². The van der Waals surface area contributed by atoms with Gasteiger partial charge in [0, 0.05) is 45.1 Å². The second kappa shape index (κ2) is 8.62. The predicted molar refractivity (Wildman–Crippen MR) is 108 cm³/mol. The molecule has 0 spiro atoms. The Morgan fingerprint density at radius 3 is 2.75 bits per heavy atom. The summed E-state index contributed by atoms with van der Waals surface area (Å²) in [5, 5.41) is 3.96. The highest BCUT2D eigenvalue weighted by atomic mass is 32.1. The number of amides is 1. The van der Waals surface area contributed by atoms with Gasteiger partial charge < -0.3 is 9.47 Å². The van der Waals surface area contributed by atoms with Crippen molar-refractivity contribution in [3.63, 3.8) is 0 Å². The maximum absolute atomic E-state index is 12.7. The van der Waals surface area contributed by atoms with Gasteiger partial charge in [-0.15, -0.1) is 5.10 Å². The Bertz CT molecular complexity index is 922. The number of aryl methyl sites for hydroxylation is 1. The molecule has 1 fully saturated rings. The zero-order valence-corrected chi connectivity index (χ0v) is 16.8. The lowest BCUT2D eigenvalue weighted by molar-refractivity contribution is 0.0765. The Balaban J connectivity index is 1.38.